The fourth-order valence-electron chi connectivity index (χ4n) is 1.79. The minimum absolute atomic E-state index is 0.229. The first-order chi connectivity index (χ1) is 7.83. The highest BCUT2D eigenvalue weighted by Crippen LogP contribution is 2.16. The van der Waals surface area contributed by atoms with Crippen molar-refractivity contribution in [1.29, 1.82) is 0 Å². The molecule has 0 saturated carbocycles. The van der Waals surface area contributed by atoms with E-state index in [2.05, 4.69) is 31.3 Å². The van der Waals surface area contributed by atoms with Crippen LogP contribution in [0.25, 0.3) is 5.65 Å². The van der Waals surface area contributed by atoms with Crippen molar-refractivity contribution in [1.82, 2.24) is 19.9 Å². The summed E-state index contributed by atoms with van der Waals surface area (Å²) < 4.78 is 8.32. The number of hydrogen-bond acceptors (Lipinski definition) is 4. The third-order valence-corrected chi connectivity index (χ3v) is 3.14. The molecule has 84 valence electrons. The summed E-state index contributed by atoms with van der Waals surface area (Å²) in [4.78, 5) is 4.18. The fourth-order valence-corrected chi connectivity index (χ4v) is 2.15. The molecule has 0 radical (unpaired) electrons. The lowest BCUT2D eigenvalue weighted by Gasteiger charge is -2.11. The van der Waals surface area contributed by atoms with Gasteiger partial charge in [0.2, 0.25) is 5.88 Å². The summed E-state index contributed by atoms with van der Waals surface area (Å²) in [6.07, 6.45) is 2.99. The Morgan fingerprint density at radius 3 is 3.25 bits per heavy atom. The van der Waals surface area contributed by atoms with Crippen molar-refractivity contribution in [2.75, 3.05) is 13.1 Å². The van der Waals surface area contributed by atoms with Gasteiger partial charge in [0.25, 0.3) is 0 Å². The van der Waals surface area contributed by atoms with Gasteiger partial charge in [-0.25, -0.2) is 9.50 Å². The molecule has 2 aromatic rings. The van der Waals surface area contributed by atoms with Gasteiger partial charge < -0.3 is 10.1 Å². The van der Waals surface area contributed by atoms with Crippen LogP contribution >= 0.6 is 15.9 Å². The third-order valence-electron chi connectivity index (χ3n) is 2.60. The van der Waals surface area contributed by atoms with Crippen LogP contribution in [0.2, 0.25) is 0 Å². The number of nitrogens with one attached hydrogen (secondary N) is 1. The highest BCUT2D eigenvalue weighted by molar-refractivity contribution is 9.10. The molecule has 1 N–H and O–H groups in total. The van der Waals surface area contributed by atoms with Crippen molar-refractivity contribution < 1.29 is 4.74 Å². The van der Waals surface area contributed by atoms with Crippen LogP contribution in [-0.2, 0) is 0 Å². The molecule has 16 heavy (non-hydrogen) atoms. The van der Waals surface area contributed by atoms with Crippen LogP contribution in [0.3, 0.4) is 0 Å². The molecule has 1 atom stereocenters. The van der Waals surface area contributed by atoms with Crippen LogP contribution in [0.4, 0.5) is 0 Å². The van der Waals surface area contributed by atoms with Crippen molar-refractivity contribution in [2.24, 2.45) is 0 Å². The Morgan fingerprint density at radius 1 is 1.50 bits per heavy atom. The van der Waals surface area contributed by atoms with E-state index >= 15 is 0 Å². The lowest BCUT2D eigenvalue weighted by atomic mass is 10.3. The quantitative estimate of drug-likeness (QED) is 0.900. The van der Waals surface area contributed by atoms with E-state index in [1.165, 1.54) is 0 Å². The summed E-state index contributed by atoms with van der Waals surface area (Å²) in [7, 11) is 0. The van der Waals surface area contributed by atoms with Gasteiger partial charge in [0.15, 0.2) is 5.65 Å². The second-order valence-corrected chi connectivity index (χ2v) is 4.57. The standard InChI is InChI=1S/C10H11BrN4O/c11-8-6-13-9-1-2-10(14-15(8)9)16-7-3-4-12-5-7/h1-2,6-7,12H,3-5H2/t7-/m1/s1. The van der Waals surface area contributed by atoms with E-state index in [1.807, 2.05) is 12.1 Å². The van der Waals surface area contributed by atoms with E-state index in [0.29, 0.717) is 5.88 Å². The van der Waals surface area contributed by atoms with E-state index in [4.69, 9.17) is 4.74 Å². The van der Waals surface area contributed by atoms with Gasteiger partial charge in [-0.15, -0.1) is 5.10 Å². The maximum absolute atomic E-state index is 5.76. The SMILES string of the molecule is Brc1cnc2ccc(O[C@@H]3CCNC3)nn12. The summed E-state index contributed by atoms with van der Waals surface area (Å²) in [5.74, 6) is 0.639. The molecule has 0 bridgehead atoms. The minimum Gasteiger partial charge on any atom is -0.472 e. The smallest absolute Gasteiger partial charge is 0.232 e. The minimum atomic E-state index is 0.229. The number of nitrogens with zero attached hydrogens (tertiary/aromatic N) is 3. The first kappa shape index (κ1) is 10.0. The zero-order chi connectivity index (χ0) is 11.0. The molecule has 3 rings (SSSR count). The topological polar surface area (TPSA) is 51.5 Å². The Bertz CT molecular complexity index is 506. The van der Waals surface area contributed by atoms with Crippen molar-refractivity contribution >= 4 is 21.6 Å². The van der Waals surface area contributed by atoms with E-state index in [1.54, 1.807) is 10.7 Å². The molecule has 3 heterocycles. The zero-order valence-electron chi connectivity index (χ0n) is 8.56. The van der Waals surface area contributed by atoms with E-state index in [0.717, 1.165) is 29.8 Å². The van der Waals surface area contributed by atoms with Gasteiger partial charge in [0, 0.05) is 12.6 Å². The fraction of sp³-hybridized carbons (Fsp3) is 0.400. The molecule has 5 nitrogen and oxygen atoms in total. The second-order valence-electron chi connectivity index (χ2n) is 3.76. The average molecular weight is 283 g/mol. The highest BCUT2D eigenvalue weighted by atomic mass is 79.9. The first-order valence-electron chi connectivity index (χ1n) is 5.20. The van der Waals surface area contributed by atoms with Crippen molar-refractivity contribution in [3.05, 3.63) is 22.9 Å². The van der Waals surface area contributed by atoms with Gasteiger partial charge in [0.1, 0.15) is 10.7 Å². The number of halogens is 1. The maximum Gasteiger partial charge on any atom is 0.232 e. The molecule has 0 spiro atoms. The lowest BCUT2D eigenvalue weighted by Crippen LogP contribution is -2.20. The Morgan fingerprint density at radius 2 is 2.44 bits per heavy atom. The van der Waals surface area contributed by atoms with Crippen molar-refractivity contribution in [2.45, 2.75) is 12.5 Å². The van der Waals surface area contributed by atoms with Gasteiger partial charge in [-0.05, 0) is 35.0 Å². The molecule has 1 fully saturated rings. The van der Waals surface area contributed by atoms with Crippen LogP contribution in [0, 0.1) is 0 Å². The van der Waals surface area contributed by atoms with Crippen LogP contribution in [0.5, 0.6) is 5.88 Å². The Kier molecular flexibility index (Phi) is 2.53. The molecule has 6 heteroatoms. The van der Waals surface area contributed by atoms with E-state index in [-0.39, 0.29) is 6.10 Å². The van der Waals surface area contributed by atoms with Crippen LogP contribution in [0.15, 0.2) is 22.9 Å². The number of aromatic nitrogens is 3. The number of fused-ring (bicyclic) bond motifs is 1. The predicted octanol–water partition coefficient (Wildman–Crippen LogP) is 1.23. The van der Waals surface area contributed by atoms with Crippen molar-refractivity contribution in [3.8, 4) is 5.88 Å². The molecule has 1 saturated heterocycles. The molecule has 0 aliphatic carbocycles. The number of ether oxygens (including phenoxy) is 1. The van der Waals surface area contributed by atoms with Gasteiger partial charge in [-0.1, -0.05) is 0 Å². The summed E-state index contributed by atoms with van der Waals surface area (Å²) in [5.41, 5.74) is 0.809. The van der Waals surface area contributed by atoms with Crippen LogP contribution < -0.4 is 10.1 Å². The zero-order valence-corrected chi connectivity index (χ0v) is 10.1. The number of imidazole rings is 1. The Balaban J connectivity index is 1.88. The summed E-state index contributed by atoms with van der Waals surface area (Å²) in [5, 5.41) is 7.61. The Labute approximate surface area is 101 Å². The summed E-state index contributed by atoms with van der Waals surface area (Å²) >= 11 is 3.38. The summed E-state index contributed by atoms with van der Waals surface area (Å²) in [6, 6.07) is 3.75. The average Bonchev–Trinajstić information content (AvgIpc) is 2.90. The maximum atomic E-state index is 5.76. The molecular formula is C10H11BrN4O. The molecule has 1 aliphatic rings. The third kappa shape index (κ3) is 1.78. The van der Waals surface area contributed by atoms with Crippen molar-refractivity contribution in [3.63, 3.8) is 0 Å². The van der Waals surface area contributed by atoms with Gasteiger partial charge >= 0.3 is 0 Å². The molecule has 1 aliphatic heterocycles. The molecule has 0 amide bonds. The molecule has 0 aromatic carbocycles. The van der Waals surface area contributed by atoms with Gasteiger partial charge in [-0.3, -0.25) is 0 Å². The largest absolute Gasteiger partial charge is 0.472 e. The Hall–Kier alpha value is -1.14. The lowest BCUT2D eigenvalue weighted by molar-refractivity contribution is 0.211. The van der Waals surface area contributed by atoms with E-state index in [9.17, 15) is 0 Å². The van der Waals surface area contributed by atoms with E-state index < -0.39 is 0 Å². The first-order valence-corrected chi connectivity index (χ1v) is 6.00. The second kappa shape index (κ2) is 4.03. The molecule has 0 unspecified atom stereocenters. The molecular weight excluding hydrogens is 272 g/mol. The van der Waals surface area contributed by atoms with Crippen LogP contribution in [-0.4, -0.2) is 33.8 Å². The number of hydrogen-bond donors (Lipinski definition) is 1. The molecule has 2 aromatic heterocycles. The summed E-state index contributed by atoms with van der Waals surface area (Å²) in [6.45, 7) is 1.91. The van der Waals surface area contributed by atoms with Crippen LogP contribution in [0.1, 0.15) is 6.42 Å². The monoisotopic (exact) mass is 282 g/mol. The normalized spacial score (nSPS) is 20.4. The predicted molar refractivity (Wildman–Crippen MR) is 62.6 cm³/mol. The van der Waals surface area contributed by atoms with Gasteiger partial charge in [-0.2, -0.15) is 0 Å². The van der Waals surface area contributed by atoms with Gasteiger partial charge in [0.05, 0.1) is 6.20 Å². The number of rotatable bonds is 2. The highest BCUT2D eigenvalue weighted by Gasteiger charge is 2.16.